The number of rotatable bonds is 17. The minimum Gasteiger partial charge on any atom is -0.463 e. The fourth-order valence-electron chi connectivity index (χ4n) is 5.71. The van der Waals surface area contributed by atoms with Gasteiger partial charge in [0.2, 0.25) is 0 Å². The third-order valence-electron chi connectivity index (χ3n) is 7.72. The van der Waals surface area contributed by atoms with E-state index in [1.165, 1.54) is 116 Å². The first-order valence-corrected chi connectivity index (χ1v) is 14.1. The molecule has 2 aliphatic carbocycles. The summed E-state index contributed by atoms with van der Waals surface area (Å²) >= 11 is 0. The molecular formula is C28H52O3. The van der Waals surface area contributed by atoms with Gasteiger partial charge in [0.25, 0.3) is 0 Å². The van der Waals surface area contributed by atoms with Crippen LogP contribution in [-0.4, -0.2) is 25.3 Å². The first kappa shape index (κ1) is 26.7. The summed E-state index contributed by atoms with van der Waals surface area (Å²) in [7, 11) is 0. The Labute approximate surface area is 193 Å². The van der Waals surface area contributed by atoms with Gasteiger partial charge in [0, 0.05) is 6.42 Å². The van der Waals surface area contributed by atoms with Crippen molar-refractivity contribution < 1.29 is 14.3 Å². The molecule has 0 aromatic heterocycles. The van der Waals surface area contributed by atoms with Crippen LogP contribution in [-0.2, 0) is 14.3 Å². The lowest BCUT2D eigenvalue weighted by Crippen LogP contribution is -2.28. The Bertz CT molecular complexity index is 422. The molecule has 0 heterocycles. The van der Waals surface area contributed by atoms with E-state index in [1.807, 2.05) is 0 Å². The Hall–Kier alpha value is -0.570. The van der Waals surface area contributed by atoms with Crippen molar-refractivity contribution in [2.75, 3.05) is 13.2 Å². The second-order valence-corrected chi connectivity index (χ2v) is 10.3. The van der Waals surface area contributed by atoms with E-state index in [2.05, 4.69) is 6.92 Å². The van der Waals surface area contributed by atoms with Crippen LogP contribution in [0.15, 0.2) is 0 Å². The highest BCUT2D eigenvalue weighted by Crippen LogP contribution is 2.38. The predicted molar refractivity (Wildman–Crippen MR) is 130 cm³/mol. The number of carbonyl (C=O) groups excluding carboxylic acids is 1. The molecule has 3 nitrogen and oxygen atoms in total. The van der Waals surface area contributed by atoms with Crippen LogP contribution in [0.2, 0.25) is 0 Å². The van der Waals surface area contributed by atoms with Crippen LogP contribution in [0.5, 0.6) is 0 Å². The smallest absolute Gasteiger partial charge is 0.305 e. The van der Waals surface area contributed by atoms with Gasteiger partial charge in [0.05, 0.1) is 12.7 Å². The molecule has 0 aliphatic heterocycles. The highest BCUT2D eigenvalue weighted by molar-refractivity contribution is 5.69. The van der Waals surface area contributed by atoms with E-state index < -0.39 is 0 Å². The summed E-state index contributed by atoms with van der Waals surface area (Å²) < 4.78 is 11.4. The first-order valence-electron chi connectivity index (χ1n) is 14.1. The van der Waals surface area contributed by atoms with Crippen molar-refractivity contribution in [3.63, 3.8) is 0 Å². The number of carbonyl (C=O) groups is 1. The standard InChI is InChI=1S/C28H52O3/c1-2-3-4-5-6-7-8-9-10-11-15-18-28(29)31-24-23-30-27-21-19-26(20-22-27)25-16-13-12-14-17-25/h25-27H,2-24H2,1H3. The lowest BCUT2D eigenvalue weighted by Gasteiger charge is -2.35. The molecule has 0 amide bonds. The minimum atomic E-state index is -0.0412. The van der Waals surface area contributed by atoms with Gasteiger partial charge in [-0.2, -0.15) is 0 Å². The fraction of sp³-hybridized carbons (Fsp3) is 0.964. The summed E-state index contributed by atoms with van der Waals surface area (Å²) in [6.07, 6.45) is 27.7. The van der Waals surface area contributed by atoms with E-state index in [0.29, 0.717) is 25.7 Å². The fourth-order valence-corrected chi connectivity index (χ4v) is 5.71. The molecule has 0 spiro atoms. The quantitative estimate of drug-likeness (QED) is 0.170. The van der Waals surface area contributed by atoms with Crippen molar-refractivity contribution in [2.24, 2.45) is 11.8 Å². The van der Waals surface area contributed by atoms with Crippen molar-refractivity contribution in [3.8, 4) is 0 Å². The van der Waals surface area contributed by atoms with Gasteiger partial charge >= 0.3 is 5.97 Å². The normalized spacial score (nSPS) is 22.5. The first-order chi connectivity index (χ1) is 15.3. The maximum atomic E-state index is 11.9. The zero-order valence-corrected chi connectivity index (χ0v) is 20.7. The molecule has 0 N–H and O–H groups in total. The third-order valence-corrected chi connectivity index (χ3v) is 7.72. The topological polar surface area (TPSA) is 35.5 Å². The van der Waals surface area contributed by atoms with E-state index in [0.717, 1.165) is 24.7 Å². The average molecular weight is 437 g/mol. The van der Waals surface area contributed by atoms with Gasteiger partial charge in [-0.15, -0.1) is 0 Å². The Morgan fingerprint density at radius 2 is 1.19 bits per heavy atom. The van der Waals surface area contributed by atoms with Gasteiger partial charge in [-0.25, -0.2) is 0 Å². The molecule has 0 aromatic rings. The molecule has 2 saturated carbocycles. The molecule has 2 rings (SSSR count). The van der Waals surface area contributed by atoms with E-state index >= 15 is 0 Å². The van der Waals surface area contributed by atoms with Crippen molar-refractivity contribution in [3.05, 3.63) is 0 Å². The van der Waals surface area contributed by atoms with Gasteiger partial charge in [0.15, 0.2) is 0 Å². The summed E-state index contributed by atoms with van der Waals surface area (Å²) in [5.41, 5.74) is 0. The molecule has 0 saturated heterocycles. The van der Waals surface area contributed by atoms with Crippen LogP contribution >= 0.6 is 0 Å². The van der Waals surface area contributed by atoms with E-state index in [4.69, 9.17) is 9.47 Å². The summed E-state index contributed by atoms with van der Waals surface area (Å²) in [5.74, 6) is 1.90. The molecule has 2 aliphatic rings. The summed E-state index contributed by atoms with van der Waals surface area (Å²) in [6.45, 7) is 3.27. The van der Waals surface area contributed by atoms with E-state index in [1.54, 1.807) is 0 Å². The second kappa shape index (κ2) is 17.9. The maximum Gasteiger partial charge on any atom is 0.305 e. The highest BCUT2D eigenvalue weighted by Gasteiger charge is 2.28. The zero-order valence-electron chi connectivity index (χ0n) is 20.7. The van der Waals surface area contributed by atoms with Crippen molar-refractivity contribution in [1.29, 1.82) is 0 Å². The van der Waals surface area contributed by atoms with Crippen LogP contribution in [0.4, 0.5) is 0 Å². The Morgan fingerprint density at radius 3 is 1.81 bits per heavy atom. The van der Waals surface area contributed by atoms with Crippen LogP contribution in [0.1, 0.15) is 142 Å². The molecule has 2 fully saturated rings. The molecule has 0 bridgehead atoms. The summed E-state index contributed by atoms with van der Waals surface area (Å²) in [6, 6.07) is 0. The number of unbranched alkanes of at least 4 members (excludes halogenated alkanes) is 10. The Kier molecular flexibility index (Phi) is 15.4. The number of hydrogen-bond donors (Lipinski definition) is 0. The molecule has 31 heavy (non-hydrogen) atoms. The van der Waals surface area contributed by atoms with Crippen molar-refractivity contribution in [1.82, 2.24) is 0 Å². The zero-order chi connectivity index (χ0) is 22.0. The van der Waals surface area contributed by atoms with Crippen LogP contribution in [0.3, 0.4) is 0 Å². The third kappa shape index (κ3) is 12.9. The van der Waals surface area contributed by atoms with Crippen LogP contribution in [0, 0.1) is 11.8 Å². The average Bonchev–Trinajstić information content (AvgIpc) is 2.81. The minimum absolute atomic E-state index is 0.0412. The van der Waals surface area contributed by atoms with Crippen molar-refractivity contribution in [2.45, 2.75) is 148 Å². The Balaban J connectivity index is 1.33. The highest BCUT2D eigenvalue weighted by atomic mass is 16.6. The lowest BCUT2D eigenvalue weighted by molar-refractivity contribution is -0.146. The molecule has 0 unspecified atom stereocenters. The van der Waals surface area contributed by atoms with E-state index in [9.17, 15) is 4.79 Å². The van der Waals surface area contributed by atoms with Gasteiger partial charge < -0.3 is 9.47 Å². The molecule has 3 heteroatoms. The lowest BCUT2D eigenvalue weighted by atomic mass is 9.73. The van der Waals surface area contributed by atoms with Gasteiger partial charge in [-0.1, -0.05) is 103 Å². The number of esters is 1. The predicted octanol–water partition coefficient (Wildman–Crippen LogP) is 8.39. The second-order valence-electron chi connectivity index (χ2n) is 10.3. The van der Waals surface area contributed by atoms with Crippen molar-refractivity contribution >= 4 is 5.97 Å². The maximum absolute atomic E-state index is 11.9. The SMILES string of the molecule is CCCCCCCCCCCCCC(=O)OCCOC1CCC(C2CCCCC2)CC1. The Morgan fingerprint density at radius 1 is 0.645 bits per heavy atom. The molecule has 0 radical (unpaired) electrons. The monoisotopic (exact) mass is 436 g/mol. The molecule has 0 atom stereocenters. The van der Waals surface area contributed by atoms with Gasteiger partial charge in [-0.05, 0) is 43.9 Å². The van der Waals surface area contributed by atoms with Gasteiger partial charge in [-0.3, -0.25) is 4.79 Å². The molecule has 0 aromatic carbocycles. The van der Waals surface area contributed by atoms with Gasteiger partial charge in [0.1, 0.15) is 6.61 Å². The van der Waals surface area contributed by atoms with E-state index in [-0.39, 0.29) is 5.97 Å². The van der Waals surface area contributed by atoms with Crippen LogP contribution < -0.4 is 0 Å². The number of ether oxygens (including phenoxy) is 2. The number of hydrogen-bond acceptors (Lipinski definition) is 3. The van der Waals surface area contributed by atoms with Crippen LogP contribution in [0.25, 0.3) is 0 Å². The summed E-state index contributed by atoms with van der Waals surface area (Å²) in [4.78, 5) is 11.9. The largest absolute Gasteiger partial charge is 0.463 e. The molecular weight excluding hydrogens is 384 g/mol. The molecule has 182 valence electrons. The summed E-state index contributed by atoms with van der Waals surface area (Å²) in [5, 5.41) is 0.